The van der Waals surface area contributed by atoms with Crippen LogP contribution < -0.4 is 5.73 Å². The Balaban J connectivity index is 0.00000288. The SMILES string of the molecule is CCCN(CC)Cc1ccc(C(=O)N2CC(CN)CC2C)cc1.Cl.Cl. The molecular formula is C19H33Cl2N3O. The van der Waals surface area contributed by atoms with Crippen LogP contribution in [0.2, 0.25) is 0 Å². The second-order valence-corrected chi connectivity index (χ2v) is 6.71. The van der Waals surface area contributed by atoms with Gasteiger partial charge < -0.3 is 10.6 Å². The quantitative estimate of drug-likeness (QED) is 0.774. The van der Waals surface area contributed by atoms with Gasteiger partial charge in [0, 0.05) is 24.7 Å². The average molecular weight is 390 g/mol. The van der Waals surface area contributed by atoms with Gasteiger partial charge in [0.25, 0.3) is 5.91 Å². The third-order valence-corrected chi connectivity index (χ3v) is 4.85. The van der Waals surface area contributed by atoms with Gasteiger partial charge in [0.1, 0.15) is 0 Å². The molecule has 0 aromatic heterocycles. The molecule has 1 aliphatic heterocycles. The van der Waals surface area contributed by atoms with Crippen molar-refractivity contribution in [1.29, 1.82) is 0 Å². The highest BCUT2D eigenvalue weighted by atomic mass is 35.5. The molecule has 6 heteroatoms. The minimum atomic E-state index is 0. The first kappa shape index (κ1) is 24.2. The molecule has 2 N–H and O–H groups in total. The largest absolute Gasteiger partial charge is 0.336 e. The zero-order chi connectivity index (χ0) is 16.8. The van der Waals surface area contributed by atoms with Crippen molar-refractivity contribution in [1.82, 2.24) is 9.80 Å². The maximum Gasteiger partial charge on any atom is 0.254 e. The van der Waals surface area contributed by atoms with Crippen LogP contribution in [-0.4, -0.2) is 47.9 Å². The number of likely N-dealkylation sites (tertiary alicyclic amines) is 1. The summed E-state index contributed by atoms with van der Waals surface area (Å²) in [6.07, 6.45) is 2.18. The predicted octanol–water partition coefficient (Wildman–Crippen LogP) is 3.57. The van der Waals surface area contributed by atoms with Gasteiger partial charge >= 0.3 is 0 Å². The van der Waals surface area contributed by atoms with Crippen molar-refractivity contribution in [3.8, 4) is 0 Å². The lowest BCUT2D eigenvalue weighted by molar-refractivity contribution is 0.0743. The van der Waals surface area contributed by atoms with Crippen LogP contribution in [0.15, 0.2) is 24.3 Å². The maximum absolute atomic E-state index is 12.7. The molecule has 2 atom stereocenters. The van der Waals surface area contributed by atoms with Gasteiger partial charge in [-0.1, -0.05) is 26.0 Å². The van der Waals surface area contributed by atoms with Crippen LogP contribution in [0, 0.1) is 5.92 Å². The smallest absolute Gasteiger partial charge is 0.254 e. The lowest BCUT2D eigenvalue weighted by atomic mass is 10.1. The van der Waals surface area contributed by atoms with Gasteiger partial charge in [0.05, 0.1) is 0 Å². The van der Waals surface area contributed by atoms with Crippen molar-refractivity contribution < 1.29 is 4.79 Å². The second-order valence-electron chi connectivity index (χ2n) is 6.71. The summed E-state index contributed by atoms with van der Waals surface area (Å²) >= 11 is 0. The highest BCUT2D eigenvalue weighted by molar-refractivity contribution is 5.94. The fourth-order valence-electron chi connectivity index (χ4n) is 3.44. The number of halogens is 2. The molecule has 1 fully saturated rings. The topological polar surface area (TPSA) is 49.6 Å². The molecule has 1 heterocycles. The van der Waals surface area contributed by atoms with Crippen LogP contribution in [0.3, 0.4) is 0 Å². The Morgan fingerprint density at radius 1 is 1.24 bits per heavy atom. The van der Waals surface area contributed by atoms with Crippen LogP contribution >= 0.6 is 24.8 Å². The van der Waals surface area contributed by atoms with E-state index in [2.05, 4.69) is 37.8 Å². The summed E-state index contributed by atoms with van der Waals surface area (Å²) in [5.41, 5.74) is 7.82. The van der Waals surface area contributed by atoms with E-state index in [1.54, 1.807) is 0 Å². The molecule has 0 bridgehead atoms. The summed E-state index contributed by atoms with van der Waals surface area (Å²) in [4.78, 5) is 17.1. The molecule has 4 nitrogen and oxygen atoms in total. The fourth-order valence-corrected chi connectivity index (χ4v) is 3.44. The highest BCUT2D eigenvalue weighted by Crippen LogP contribution is 2.24. The van der Waals surface area contributed by atoms with Crippen molar-refractivity contribution in [2.75, 3.05) is 26.2 Å². The Morgan fingerprint density at radius 3 is 2.36 bits per heavy atom. The number of amides is 1. The first-order valence-electron chi connectivity index (χ1n) is 8.91. The first-order chi connectivity index (χ1) is 11.1. The fraction of sp³-hybridized carbons (Fsp3) is 0.632. The molecule has 1 aliphatic rings. The Morgan fingerprint density at radius 2 is 1.88 bits per heavy atom. The van der Waals surface area contributed by atoms with E-state index >= 15 is 0 Å². The minimum absolute atomic E-state index is 0. The van der Waals surface area contributed by atoms with Gasteiger partial charge in [-0.3, -0.25) is 9.69 Å². The molecule has 2 rings (SSSR count). The lowest BCUT2D eigenvalue weighted by Crippen LogP contribution is -2.34. The van der Waals surface area contributed by atoms with Crippen molar-refractivity contribution in [2.24, 2.45) is 11.7 Å². The summed E-state index contributed by atoms with van der Waals surface area (Å²) < 4.78 is 0. The van der Waals surface area contributed by atoms with Crippen LogP contribution in [0.25, 0.3) is 0 Å². The molecule has 144 valence electrons. The van der Waals surface area contributed by atoms with Crippen LogP contribution in [0.4, 0.5) is 0 Å². The molecule has 1 amide bonds. The molecule has 0 aliphatic carbocycles. The maximum atomic E-state index is 12.7. The zero-order valence-electron chi connectivity index (χ0n) is 15.6. The number of rotatable bonds is 7. The van der Waals surface area contributed by atoms with Crippen LogP contribution in [-0.2, 0) is 6.54 Å². The van der Waals surface area contributed by atoms with Gasteiger partial charge in [-0.05, 0) is 63.0 Å². The molecule has 0 saturated carbocycles. The van der Waals surface area contributed by atoms with E-state index in [-0.39, 0.29) is 36.8 Å². The van der Waals surface area contributed by atoms with E-state index < -0.39 is 0 Å². The Labute approximate surface area is 164 Å². The zero-order valence-corrected chi connectivity index (χ0v) is 17.2. The molecule has 0 spiro atoms. The summed E-state index contributed by atoms with van der Waals surface area (Å²) in [7, 11) is 0. The van der Waals surface area contributed by atoms with Gasteiger partial charge in [0.2, 0.25) is 0 Å². The molecule has 1 aromatic carbocycles. The first-order valence-corrected chi connectivity index (χ1v) is 8.91. The third-order valence-electron chi connectivity index (χ3n) is 4.85. The molecule has 1 saturated heterocycles. The van der Waals surface area contributed by atoms with Crippen molar-refractivity contribution in [2.45, 2.75) is 46.2 Å². The molecule has 2 unspecified atom stereocenters. The average Bonchev–Trinajstić information content (AvgIpc) is 2.95. The summed E-state index contributed by atoms with van der Waals surface area (Å²) in [6, 6.07) is 8.41. The lowest BCUT2D eigenvalue weighted by Gasteiger charge is -2.22. The highest BCUT2D eigenvalue weighted by Gasteiger charge is 2.31. The van der Waals surface area contributed by atoms with E-state index in [4.69, 9.17) is 5.73 Å². The second kappa shape index (κ2) is 11.7. The van der Waals surface area contributed by atoms with Gasteiger partial charge in [-0.25, -0.2) is 0 Å². The van der Waals surface area contributed by atoms with E-state index in [9.17, 15) is 4.79 Å². The predicted molar refractivity (Wildman–Crippen MR) is 110 cm³/mol. The summed E-state index contributed by atoms with van der Waals surface area (Å²) in [5.74, 6) is 0.585. The Bertz CT molecular complexity index is 510. The number of carbonyl (C=O) groups excluding carboxylic acids is 1. The molecule has 1 aromatic rings. The molecular weight excluding hydrogens is 357 g/mol. The number of nitrogens with zero attached hydrogens (tertiary/aromatic N) is 2. The van der Waals surface area contributed by atoms with Crippen LogP contribution in [0.5, 0.6) is 0 Å². The standard InChI is InChI=1S/C19H31N3O.2ClH/c1-4-10-21(5-2)13-16-6-8-18(9-7-16)19(23)22-14-17(12-20)11-15(22)3;;/h6-9,15,17H,4-5,10-14,20H2,1-3H3;2*1H. The van der Waals surface area contributed by atoms with E-state index in [1.165, 1.54) is 12.0 Å². The van der Waals surface area contributed by atoms with Crippen molar-refractivity contribution in [3.63, 3.8) is 0 Å². The number of benzene rings is 1. The van der Waals surface area contributed by atoms with Crippen molar-refractivity contribution >= 4 is 30.7 Å². The third kappa shape index (κ3) is 6.45. The number of hydrogen-bond donors (Lipinski definition) is 1. The van der Waals surface area contributed by atoms with E-state index in [0.29, 0.717) is 12.5 Å². The Hall–Kier alpha value is -0.810. The summed E-state index contributed by atoms with van der Waals surface area (Å²) in [6.45, 7) is 11.1. The van der Waals surface area contributed by atoms with Gasteiger partial charge in [-0.2, -0.15) is 0 Å². The van der Waals surface area contributed by atoms with Gasteiger partial charge in [0.15, 0.2) is 0 Å². The molecule has 25 heavy (non-hydrogen) atoms. The number of carbonyl (C=O) groups is 1. The number of hydrogen-bond acceptors (Lipinski definition) is 3. The van der Waals surface area contributed by atoms with E-state index in [0.717, 1.165) is 38.2 Å². The Kier molecular flexibility index (Phi) is 11.4. The van der Waals surface area contributed by atoms with Crippen LogP contribution in [0.1, 0.15) is 49.5 Å². The van der Waals surface area contributed by atoms with Gasteiger partial charge in [-0.15, -0.1) is 24.8 Å². The molecule has 0 radical (unpaired) electrons. The minimum Gasteiger partial charge on any atom is -0.336 e. The normalized spacial score (nSPS) is 19.5. The van der Waals surface area contributed by atoms with Crippen molar-refractivity contribution in [3.05, 3.63) is 35.4 Å². The number of nitrogens with two attached hydrogens (primary N) is 1. The van der Waals surface area contributed by atoms with E-state index in [1.807, 2.05) is 17.0 Å². The summed E-state index contributed by atoms with van der Waals surface area (Å²) in [5, 5.41) is 0. The monoisotopic (exact) mass is 389 g/mol.